The van der Waals surface area contributed by atoms with Gasteiger partial charge in [0.1, 0.15) is 0 Å². The molecule has 112 valence electrons. The highest BCUT2D eigenvalue weighted by molar-refractivity contribution is 7.11. The lowest BCUT2D eigenvalue weighted by molar-refractivity contribution is 0.426. The van der Waals surface area contributed by atoms with E-state index in [1.54, 1.807) is 0 Å². The first-order valence-corrected chi connectivity index (χ1v) is 8.59. The Morgan fingerprint density at radius 1 is 1.24 bits per heavy atom. The van der Waals surface area contributed by atoms with E-state index in [1.165, 1.54) is 33.9 Å². The van der Waals surface area contributed by atoms with Crippen molar-refractivity contribution in [2.75, 3.05) is 0 Å². The second kappa shape index (κ2) is 5.90. The third kappa shape index (κ3) is 3.72. The first-order chi connectivity index (χ1) is 10.0. The van der Waals surface area contributed by atoms with Crippen LogP contribution in [0.5, 0.6) is 0 Å². The quantitative estimate of drug-likeness (QED) is 0.914. The van der Waals surface area contributed by atoms with Crippen LogP contribution in [0.4, 0.5) is 0 Å². The van der Waals surface area contributed by atoms with Crippen LogP contribution in [0.3, 0.4) is 0 Å². The zero-order chi connectivity index (χ0) is 14.9. The van der Waals surface area contributed by atoms with Crippen LogP contribution in [0.25, 0.3) is 0 Å². The number of rotatable bonds is 3. The average molecular weight is 300 g/mol. The second-order valence-electron chi connectivity index (χ2n) is 6.98. The van der Waals surface area contributed by atoms with Gasteiger partial charge >= 0.3 is 0 Å². The summed E-state index contributed by atoms with van der Waals surface area (Å²) >= 11 is 1.88. The predicted octanol–water partition coefficient (Wildman–Crippen LogP) is 4.30. The Labute approximate surface area is 131 Å². The molecule has 0 aliphatic heterocycles. The molecule has 3 heteroatoms. The molecule has 1 aliphatic carbocycles. The second-order valence-corrected chi connectivity index (χ2v) is 8.12. The summed E-state index contributed by atoms with van der Waals surface area (Å²) < 4.78 is 0. The standard InChI is InChI=1S/C18H24N2S/c1-18(2,3)20-12-16-11-19-17(21-16)15-9-8-13-6-4-5-7-14(13)10-15/h4-7,11,15,20H,8-10,12H2,1-3H3. The lowest BCUT2D eigenvalue weighted by atomic mass is 9.84. The van der Waals surface area contributed by atoms with Crippen molar-refractivity contribution in [3.63, 3.8) is 0 Å². The van der Waals surface area contributed by atoms with Crippen LogP contribution in [-0.2, 0) is 19.4 Å². The maximum absolute atomic E-state index is 4.69. The molecule has 0 spiro atoms. The van der Waals surface area contributed by atoms with Gasteiger partial charge < -0.3 is 5.32 Å². The number of thiazole rings is 1. The summed E-state index contributed by atoms with van der Waals surface area (Å²) in [6, 6.07) is 8.85. The molecular weight excluding hydrogens is 276 g/mol. The zero-order valence-corrected chi connectivity index (χ0v) is 14.0. The van der Waals surface area contributed by atoms with E-state index in [0.717, 1.165) is 13.0 Å². The first kappa shape index (κ1) is 14.7. The van der Waals surface area contributed by atoms with Crippen molar-refractivity contribution in [2.45, 2.75) is 58.0 Å². The van der Waals surface area contributed by atoms with Crippen LogP contribution >= 0.6 is 11.3 Å². The molecule has 0 amide bonds. The maximum Gasteiger partial charge on any atom is 0.0962 e. The fourth-order valence-electron chi connectivity index (χ4n) is 2.85. The van der Waals surface area contributed by atoms with E-state index in [1.807, 2.05) is 11.3 Å². The Morgan fingerprint density at radius 3 is 2.76 bits per heavy atom. The minimum atomic E-state index is 0.161. The average Bonchev–Trinajstić information content (AvgIpc) is 2.93. The summed E-state index contributed by atoms with van der Waals surface area (Å²) in [4.78, 5) is 6.04. The fourth-order valence-corrected chi connectivity index (χ4v) is 3.85. The highest BCUT2D eigenvalue weighted by atomic mass is 32.1. The van der Waals surface area contributed by atoms with Crippen LogP contribution in [0.1, 0.15) is 54.1 Å². The highest BCUT2D eigenvalue weighted by Crippen LogP contribution is 2.34. The number of hydrogen-bond acceptors (Lipinski definition) is 3. The summed E-state index contributed by atoms with van der Waals surface area (Å²) in [5, 5.41) is 4.86. The van der Waals surface area contributed by atoms with Gasteiger partial charge in [-0.05, 0) is 51.2 Å². The van der Waals surface area contributed by atoms with E-state index < -0.39 is 0 Å². The lowest BCUT2D eigenvalue weighted by Crippen LogP contribution is -2.34. The smallest absolute Gasteiger partial charge is 0.0962 e. The summed E-state index contributed by atoms with van der Waals surface area (Å²) in [6.07, 6.45) is 5.63. The summed E-state index contributed by atoms with van der Waals surface area (Å²) in [5.41, 5.74) is 3.20. The molecule has 0 saturated carbocycles. The number of fused-ring (bicyclic) bond motifs is 1. The van der Waals surface area contributed by atoms with E-state index in [9.17, 15) is 0 Å². The Hall–Kier alpha value is -1.19. The first-order valence-electron chi connectivity index (χ1n) is 7.78. The van der Waals surface area contributed by atoms with Crippen LogP contribution in [-0.4, -0.2) is 10.5 Å². The third-order valence-corrected chi connectivity index (χ3v) is 5.22. The van der Waals surface area contributed by atoms with Crippen molar-refractivity contribution in [3.05, 3.63) is 51.5 Å². The summed E-state index contributed by atoms with van der Waals surface area (Å²) in [7, 11) is 0. The molecule has 1 heterocycles. The molecule has 1 N–H and O–H groups in total. The van der Waals surface area contributed by atoms with Crippen molar-refractivity contribution in [3.8, 4) is 0 Å². The van der Waals surface area contributed by atoms with Crippen LogP contribution < -0.4 is 5.32 Å². The van der Waals surface area contributed by atoms with Gasteiger partial charge in [0.05, 0.1) is 5.01 Å². The molecule has 2 nitrogen and oxygen atoms in total. The molecule has 3 rings (SSSR count). The van der Waals surface area contributed by atoms with Gasteiger partial charge in [-0.25, -0.2) is 4.98 Å². The Balaban J connectivity index is 1.67. The zero-order valence-electron chi connectivity index (χ0n) is 13.1. The van der Waals surface area contributed by atoms with Gasteiger partial charge in [-0.15, -0.1) is 11.3 Å². The molecule has 0 bridgehead atoms. The molecular formula is C18H24N2S. The molecule has 0 saturated heterocycles. The molecule has 1 atom stereocenters. The molecule has 1 aromatic carbocycles. The van der Waals surface area contributed by atoms with Gasteiger partial charge in [-0.2, -0.15) is 0 Å². The number of benzene rings is 1. The molecule has 1 aromatic heterocycles. The topological polar surface area (TPSA) is 24.9 Å². The van der Waals surface area contributed by atoms with E-state index in [4.69, 9.17) is 4.98 Å². The van der Waals surface area contributed by atoms with Crippen LogP contribution in [0, 0.1) is 0 Å². The fraction of sp³-hybridized carbons (Fsp3) is 0.500. The largest absolute Gasteiger partial charge is 0.307 e. The minimum absolute atomic E-state index is 0.161. The minimum Gasteiger partial charge on any atom is -0.307 e. The normalized spacial score (nSPS) is 18.5. The summed E-state index contributed by atoms with van der Waals surface area (Å²) in [6.45, 7) is 7.53. The van der Waals surface area contributed by atoms with Gasteiger partial charge in [0.25, 0.3) is 0 Å². The Morgan fingerprint density at radius 2 is 2.00 bits per heavy atom. The molecule has 1 unspecified atom stereocenters. The maximum atomic E-state index is 4.69. The van der Waals surface area contributed by atoms with E-state index in [0.29, 0.717) is 5.92 Å². The number of aryl methyl sites for hydroxylation is 1. The predicted molar refractivity (Wildman–Crippen MR) is 89.9 cm³/mol. The van der Waals surface area contributed by atoms with Crippen LogP contribution in [0.2, 0.25) is 0 Å². The molecule has 21 heavy (non-hydrogen) atoms. The number of hydrogen-bond donors (Lipinski definition) is 1. The highest BCUT2D eigenvalue weighted by Gasteiger charge is 2.22. The van der Waals surface area contributed by atoms with Gasteiger partial charge in [0, 0.05) is 29.1 Å². The van der Waals surface area contributed by atoms with E-state index >= 15 is 0 Å². The van der Waals surface area contributed by atoms with Crippen molar-refractivity contribution in [1.82, 2.24) is 10.3 Å². The van der Waals surface area contributed by atoms with Gasteiger partial charge in [-0.3, -0.25) is 0 Å². The van der Waals surface area contributed by atoms with Crippen LogP contribution in [0.15, 0.2) is 30.5 Å². The van der Waals surface area contributed by atoms with Crippen molar-refractivity contribution < 1.29 is 0 Å². The van der Waals surface area contributed by atoms with Crippen molar-refractivity contribution in [2.24, 2.45) is 0 Å². The van der Waals surface area contributed by atoms with Crippen molar-refractivity contribution in [1.29, 1.82) is 0 Å². The van der Waals surface area contributed by atoms with Gasteiger partial charge in [0.15, 0.2) is 0 Å². The molecule has 2 aromatic rings. The summed E-state index contributed by atoms with van der Waals surface area (Å²) in [5.74, 6) is 0.605. The Bertz CT molecular complexity index is 610. The number of nitrogens with one attached hydrogen (secondary N) is 1. The molecule has 1 aliphatic rings. The van der Waals surface area contributed by atoms with E-state index in [2.05, 4.69) is 56.6 Å². The van der Waals surface area contributed by atoms with Gasteiger partial charge in [0.2, 0.25) is 0 Å². The van der Waals surface area contributed by atoms with Crippen molar-refractivity contribution >= 4 is 11.3 Å². The third-order valence-electron chi connectivity index (χ3n) is 4.06. The number of aromatic nitrogens is 1. The monoisotopic (exact) mass is 300 g/mol. The number of nitrogens with zero attached hydrogens (tertiary/aromatic N) is 1. The van der Waals surface area contributed by atoms with Gasteiger partial charge in [-0.1, -0.05) is 24.3 Å². The lowest BCUT2D eigenvalue weighted by Gasteiger charge is -2.22. The van der Waals surface area contributed by atoms with E-state index in [-0.39, 0.29) is 5.54 Å². The Kier molecular flexibility index (Phi) is 4.14. The SMILES string of the molecule is CC(C)(C)NCc1cnc(C2CCc3ccccc3C2)s1. The molecule has 0 fully saturated rings. The molecule has 0 radical (unpaired) electrons.